The van der Waals surface area contributed by atoms with E-state index >= 15 is 0 Å². The summed E-state index contributed by atoms with van der Waals surface area (Å²) in [6.45, 7) is 0. The van der Waals surface area contributed by atoms with Gasteiger partial charge in [-0.1, -0.05) is 12.1 Å². The Balaban J connectivity index is 2.81. The third-order valence-corrected chi connectivity index (χ3v) is 3.45. The molecule has 2 rings (SSSR count). The number of nitrogens with one attached hydrogen (secondary N) is 1. The number of nitrogen functional groups attached to an aromatic ring is 1. The summed E-state index contributed by atoms with van der Waals surface area (Å²) < 4.78 is 36.8. The van der Waals surface area contributed by atoms with Crippen molar-refractivity contribution >= 4 is 15.7 Å². The second-order valence-electron chi connectivity index (χ2n) is 3.59. The lowest BCUT2D eigenvalue weighted by Crippen LogP contribution is -2.04. The summed E-state index contributed by atoms with van der Waals surface area (Å²) in [4.78, 5) is -0.367. The first kappa shape index (κ1) is 11.6. The van der Waals surface area contributed by atoms with Gasteiger partial charge in [0.15, 0.2) is 9.84 Å². The fraction of sp³-hybridized carbons (Fsp3) is 0.100. The molecule has 1 aromatic heterocycles. The van der Waals surface area contributed by atoms with Gasteiger partial charge in [-0.15, -0.1) is 0 Å². The maximum atomic E-state index is 13.6. The van der Waals surface area contributed by atoms with Crippen LogP contribution in [0.15, 0.2) is 29.3 Å². The first-order chi connectivity index (χ1) is 7.91. The van der Waals surface area contributed by atoms with Gasteiger partial charge < -0.3 is 5.73 Å². The van der Waals surface area contributed by atoms with Crippen LogP contribution in [-0.4, -0.2) is 24.9 Å². The summed E-state index contributed by atoms with van der Waals surface area (Å²) in [6, 6.07) is 4.00. The van der Waals surface area contributed by atoms with Crippen molar-refractivity contribution in [2.24, 2.45) is 0 Å². The smallest absolute Gasteiger partial charge is 0.179 e. The molecule has 0 spiro atoms. The molecule has 0 saturated carbocycles. The summed E-state index contributed by atoms with van der Waals surface area (Å²) in [7, 11) is -3.68. The van der Waals surface area contributed by atoms with Crippen LogP contribution < -0.4 is 5.73 Å². The molecule has 2 aromatic rings. The van der Waals surface area contributed by atoms with Crippen LogP contribution in [-0.2, 0) is 9.84 Å². The third kappa shape index (κ3) is 2.01. The van der Waals surface area contributed by atoms with Crippen molar-refractivity contribution in [2.45, 2.75) is 4.90 Å². The van der Waals surface area contributed by atoms with Gasteiger partial charge in [0.1, 0.15) is 16.5 Å². The van der Waals surface area contributed by atoms with Crippen LogP contribution in [0.2, 0.25) is 0 Å². The van der Waals surface area contributed by atoms with Gasteiger partial charge in [-0.05, 0) is 6.07 Å². The number of rotatable bonds is 2. The van der Waals surface area contributed by atoms with Gasteiger partial charge in [-0.2, -0.15) is 5.10 Å². The fourth-order valence-electron chi connectivity index (χ4n) is 1.61. The predicted octanol–water partition coefficient (Wildman–Crippen LogP) is 1.20. The topological polar surface area (TPSA) is 88.8 Å². The summed E-state index contributed by atoms with van der Waals surface area (Å²) in [5.41, 5.74) is 6.17. The average molecular weight is 255 g/mol. The van der Waals surface area contributed by atoms with Gasteiger partial charge in [0.25, 0.3) is 0 Å². The molecular weight excluding hydrogens is 245 g/mol. The van der Waals surface area contributed by atoms with Crippen molar-refractivity contribution in [1.29, 1.82) is 0 Å². The first-order valence-electron chi connectivity index (χ1n) is 4.69. The maximum absolute atomic E-state index is 13.6. The van der Waals surface area contributed by atoms with Gasteiger partial charge in [-0.25, -0.2) is 12.8 Å². The number of benzene rings is 1. The molecule has 0 amide bonds. The Morgan fingerprint density at radius 3 is 2.59 bits per heavy atom. The van der Waals surface area contributed by atoms with E-state index in [1.54, 1.807) is 0 Å². The quantitative estimate of drug-likeness (QED) is 0.843. The monoisotopic (exact) mass is 255 g/mol. The van der Waals surface area contributed by atoms with E-state index < -0.39 is 15.7 Å². The molecule has 0 aliphatic rings. The lowest BCUT2D eigenvalue weighted by atomic mass is 10.1. The third-order valence-electron chi connectivity index (χ3n) is 2.30. The summed E-state index contributed by atoms with van der Waals surface area (Å²) >= 11 is 0. The number of hydrogen-bond acceptors (Lipinski definition) is 4. The molecule has 3 N–H and O–H groups in total. The molecular formula is C10H10FN3O2S. The van der Waals surface area contributed by atoms with Crippen molar-refractivity contribution < 1.29 is 12.8 Å². The van der Waals surface area contributed by atoms with Crippen molar-refractivity contribution in [1.82, 2.24) is 10.2 Å². The minimum absolute atomic E-state index is 0.195. The standard InChI is InChI=1S/C10H10FN3O2S/c1-17(15,16)9-6(3-2-4-8(9)11)7-5-13-14-10(7)12/h2-5H,1H3,(H3,12,13,14). The van der Waals surface area contributed by atoms with Crippen LogP contribution in [0, 0.1) is 5.82 Å². The van der Waals surface area contributed by atoms with E-state index in [-0.39, 0.29) is 16.3 Å². The van der Waals surface area contributed by atoms with Crippen molar-refractivity contribution in [3.63, 3.8) is 0 Å². The summed E-state index contributed by atoms with van der Waals surface area (Å²) in [5, 5.41) is 6.16. The zero-order chi connectivity index (χ0) is 12.6. The Hall–Kier alpha value is -1.89. The highest BCUT2D eigenvalue weighted by molar-refractivity contribution is 7.90. The molecule has 0 atom stereocenters. The number of hydrogen-bond donors (Lipinski definition) is 2. The maximum Gasteiger partial charge on any atom is 0.179 e. The SMILES string of the molecule is CS(=O)(=O)c1c(F)cccc1-c1cn[nH]c1N. The lowest BCUT2D eigenvalue weighted by Gasteiger charge is -2.07. The minimum atomic E-state index is -3.68. The van der Waals surface area contributed by atoms with Crippen LogP contribution >= 0.6 is 0 Å². The number of nitrogens with zero attached hydrogens (tertiary/aromatic N) is 1. The van der Waals surface area contributed by atoms with Crippen LogP contribution in [0.3, 0.4) is 0 Å². The predicted molar refractivity (Wildman–Crippen MR) is 61.5 cm³/mol. The van der Waals surface area contributed by atoms with E-state index in [2.05, 4.69) is 10.2 Å². The summed E-state index contributed by atoms with van der Waals surface area (Å²) in [6.07, 6.45) is 2.31. The Labute approximate surface area is 97.4 Å². The first-order valence-corrected chi connectivity index (χ1v) is 6.58. The highest BCUT2D eigenvalue weighted by Gasteiger charge is 2.21. The fourth-order valence-corrected chi connectivity index (χ4v) is 2.61. The molecule has 5 nitrogen and oxygen atoms in total. The molecule has 0 unspecified atom stereocenters. The number of H-pyrrole nitrogens is 1. The van der Waals surface area contributed by atoms with E-state index in [9.17, 15) is 12.8 Å². The molecule has 0 radical (unpaired) electrons. The molecule has 7 heteroatoms. The van der Waals surface area contributed by atoms with E-state index in [4.69, 9.17) is 5.73 Å². The van der Waals surface area contributed by atoms with Gasteiger partial charge >= 0.3 is 0 Å². The average Bonchev–Trinajstić information content (AvgIpc) is 2.62. The van der Waals surface area contributed by atoms with Crippen molar-refractivity contribution in [2.75, 3.05) is 12.0 Å². The molecule has 90 valence electrons. The highest BCUT2D eigenvalue weighted by Crippen LogP contribution is 2.31. The Kier molecular flexibility index (Phi) is 2.62. The van der Waals surface area contributed by atoms with E-state index in [0.717, 1.165) is 12.3 Å². The van der Waals surface area contributed by atoms with Crippen molar-refractivity contribution in [3.8, 4) is 11.1 Å². The van der Waals surface area contributed by atoms with E-state index in [0.29, 0.717) is 5.56 Å². The molecule has 0 fully saturated rings. The highest BCUT2D eigenvalue weighted by atomic mass is 32.2. The van der Waals surface area contributed by atoms with Crippen molar-refractivity contribution in [3.05, 3.63) is 30.2 Å². The molecule has 0 saturated heterocycles. The van der Waals surface area contributed by atoms with Crippen LogP contribution in [0.4, 0.5) is 10.2 Å². The van der Waals surface area contributed by atoms with Gasteiger partial charge in [0.05, 0.1) is 6.20 Å². The Morgan fingerprint density at radius 1 is 1.35 bits per heavy atom. The number of aromatic nitrogens is 2. The zero-order valence-electron chi connectivity index (χ0n) is 8.94. The van der Waals surface area contributed by atoms with E-state index in [1.807, 2.05) is 0 Å². The normalized spacial score (nSPS) is 11.6. The van der Waals surface area contributed by atoms with Gasteiger partial charge in [0, 0.05) is 17.4 Å². The van der Waals surface area contributed by atoms with Crippen LogP contribution in [0.1, 0.15) is 0 Å². The molecule has 0 aliphatic heterocycles. The van der Waals surface area contributed by atoms with Gasteiger partial charge in [-0.3, -0.25) is 5.10 Å². The largest absolute Gasteiger partial charge is 0.384 e. The number of sulfone groups is 1. The minimum Gasteiger partial charge on any atom is -0.384 e. The molecule has 0 bridgehead atoms. The molecule has 1 heterocycles. The Bertz CT molecular complexity index is 664. The lowest BCUT2D eigenvalue weighted by molar-refractivity contribution is 0.572. The molecule has 0 aliphatic carbocycles. The second-order valence-corrected chi connectivity index (χ2v) is 5.54. The number of anilines is 1. The number of halogens is 1. The summed E-state index contributed by atoms with van der Waals surface area (Å²) in [5.74, 6) is -0.605. The molecule has 1 aromatic carbocycles. The second kappa shape index (κ2) is 3.85. The van der Waals surface area contributed by atoms with Gasteiger partial charge in [0.2, 0.25) is 0 Å². The number of aromatic amines is 1. The molecule has 17 heavy (non-hydrogen) atoms. The number of nitrogens with two attached hydrogens (primary N) is 1. The van der Waals surface area contributed by atoms with Crippen LogP contribution in [0.25, 0.3) is 11.1 Å². The van der Waals surface area contributed by atoms with Crippen LogP contribution in [0.5, 0.6) is 0 Å². The zero-order valence-corrected chi connectivity index (χ0v) is 9.75. The Morgan fingerprint density at radius 2 is 2.06 bits per heavy atom. The van der Waals surface area contributed by atoms with E-state index in [1.165, 1.54) is 18.3 Å².